The predicted molar refractivity (Wildman–Crippen MR) is 96.0 cm³/mol. The van der Waals surface area contributed by atoms with Crippen molar-refractivity contribution in [2.45, 2.75) is 20.1 Å². The van der Waals surface area contributed by atoms with Crippen LogP contribution < -0.4 is 9.47 Å². The van der Waals surface area contributed by atoms with Crippen LogP contribution in [0.4, 0.5) is 0 Å². The van der Waals surface area contributed by atoms with Gasteiger partial charge in [-0.1, -0.05) is 5.16 Å². The van der Waals surface area contributed by atoms with Gasteiger partial charge in [0, 0.05) is 12.1 Å². The van der Waals surface area contributed by atoms with Crippen molar-refractivity contribution in [3.63, 3.8) is 0 Å². The molecule has 0 amide bonds. The number of ether oxygens (including phenoxy) is 2. The van der Waals surface area contributed by atoms with Crippen LogP contribution in [0.1, 0.15) is 12.8 Å². The molecule has 7 heteroatoms. The van der Waals surface area contributed by atoms with Gasteiger partial charge in [-0.05, 0) is 49.4 Å². The zero-order chi connectivity index (χ0) is 17.9. The summed E-state index contributed by atoms with van der Waals surface area (Å²) in [6.45, 7) is 3.14. The maximum Gasteiger partial charge on any atom is 0.264 e. The molecule has 0 unspecified atom stereocenters. The van der Waals surface area contributed by atoms with Crippen LogP contribution in [0.15, 0.2) is 53.3 Å². The Labute approximate surface area is 150 Å². The van der Waals surface area contributed by atoms with E-state index in [0.717, 1.165) is 28.9 Å². The molecule has 0 bridgehead atoms. The molecule has 7 nitrogen and oxygen atoms in total. The van der Waals surface area contributed by atoms with Crippen molar-refractivity contribution in [1.82, 2.24) is 19.7 Å². The average Bonchev–Trinajstić information content (AvgIpc) is 3.33. The highest BCUT2D eigenvalue weighted by molar-refractivity contribution is 5.80. The van der Waals surface area contributed by atoms with Gasteiger partial charge in [-0.2, -0.15) is 4.98 Å². The van der Waals surface area contributed by atoms with Gasteiger partial charge in [0.2, 0.25) is 5.82 Å². The molecular formula is C19H18N4O3. The Morgan fingerprint density at radius 3 is 2.65 bits per heavy atom. The van der Waals surface area contributed by atoms with E-state index in [-0.39, 0.29) is 6.61 Å². The molecule has 0 saturated carbocycles. The van der Waals surface area contributed by atoms with Crippen molar-refractivity contribution in [2.24, 2.45) is 0 Å². The summed E-state index contributed by atoms with van der Waals surface area (Å²) in [5, 5.41) is 4.06. The zero-order valence-corrected chi connectivity index (χ0v) is 14.5. The molecule has 0 N–H and O–H groups in total. The number of imidazole rings is 1. The minimum absolute atomic E-state index is 0.203. The average molecular weight is 350 g/mol. The molecule has 2 aromatic carbocycles. The van der Waals surface area contributed by atoms with Gasteiger partial charge >= 0.3 is 0 Å². The highest BCUT2D eigenvalue weighted by Gasteiger charge is 2.11. The van der Waals surface area contributed by atoms with E-state index in [1.165, 1.54) is 0 Å². The van der Waals surface area contributed by atoms with Gasteiger partial charge in [0.1, 0.15) is 11.5 Å². The number of aryl methyl sites for hydroxylation is 1. The Morgan fingerprint density at radius 2 is 1.88 bits per heavy atom. The second kappa shape index (κ2) is 6.87. The van der Waals surface area contributed by atoms with Crippen LogP contribution in [-0.4, -0.2) is 26.8 Å². The van der Waals surface area contributed by atoms with Gasteiger partial charge in [-0.25, -0.2) is 4.98 Å². The number of benzene rings is 2. The summed E-state index contributed by atoms with van der Waals surface area (Å²) in [7, 11) is 1.63. The van der Waals surface area contributed by atoms with Gasteiger partial charge in [-0.3, -0.25) is 0 Å². The lowest BCUT2D eigenvalue weighted by Gasteiger charge is -2.04. The molecule has 0 aliphatic carbocycles. The molecule has 2 aromatic heterocycles. The number of methoxy groups -OCH3 is 1. The standard InChI is InChI=1S/C19H18N4O3/c1-3-23-12-20-16-9-4-13(10-17(16)23)19-21-18(26-22-19)11-25-15-7-5-14(24-2)6-8-15/h4-10,12H,3,11H2,1-2H3. The Morgan fingerprint density at radius 1 is 1.08 bits per heavy atom. The molecule has 0 atom stereocenters. The third kappa shape index (κ3) is 3.11. The number of hydrogen-bond donors (Lipinski definition) is 0. The third-order valence-corrected chi connectivity index (χ3v) is 4.11. The molecule has 0 aliphatic heterocycles. The van der Waals surface area contributed by atoms with E-state index in [2.05, 4.69) is 26.6 Å². The van der Waals surface area contributed by atoms with Crippen LogP contribution in [0.3, 0.4) is 0 Å². The fraction of sp³-hybridized carbons (Fsp3) is 0.211. The lowest BCUT2D eigenvalue weighted by Crippen LogP contribution is -1.96. The van der Waals surface area contributed by atoms with Gasteiger partial charge < -0.3 is 18.6 Å². The van der Waals surface area contributed by atoms with E-state index in [1.807, 2.05) is 48.8 Å². The molecule has 2 heterocycles. The number of rotatable bonds is 6. The van der Waals surface area contributed by atoms with Crippen LogP contribution in [0.25, 0.3) is 22.4 Å². The number of nitrogens with zero attached hydrogens (tertiary/aromatic N) is 4. The fourth-order valence-corrected chi connectivity index (χ4v) is 2.70. The highest BCUT2D eigenvalue weighted by atomic mass is 16.5. The van der Waals surface area contributed by atoms with Crippen LogP contribution in [-0.2, 0) is 13.2 Å². The summed E-state index contributed by atoms with van der Waals surface area (Å²) < 4.78 is 18.2. The van der Waals surface area contributed by atoms with Gasteiger partial charge in [0.05, 0.1) is 24.5 Å². The van der Waals surface area contributed by atoms with E-state index < -0.39 is 0 Å². The third-order valence-electron chi connectivity index (χ3n) is 4.11. The summed E-state index contributed by atoms with van der Waals surface area (Å²) in [6, 6.07) is 13.2. The van der Waals surface area contributed by atoms with E-state index in [4.69, 9.17) is 14.0 Å². The summed E-state index contributed by atoms with van der Waals surface area (Å²) in [4.78, 5) is 8.79. The lowest BCUT2D eigenvalue weighted by atomic mass is 10.2. The molecule has 0 radical (unpaired) electrons. The maximum atomic E-state index is 5.67. The highest BCUT2D eigenvalue weighted by Crippen LogP contribution is 2.23. The summed E-state index contributed by atoms with van der Waals surface area (Å²) in [6.07, 6.45) is 1.83. The molecule has 4 rings (SSSR count). The van der Waals surface area contributed by atoms with Crippen molar-refractivity contribution in [3.8, 4) is 22.9 Å². The normalized spacial score (nSPS) is 11.0. The second-order valence-electron chi connectivity index (χ2n) is 5.71. The fourth-order valence-electron chi connectivity index (χ4n) is 2.70. The van der Waals surface area contributed by atoms with Crippen molar-refractivity contribution in [2.75, 3.05) is 7.11 Å². The molecule has 4 aromatic rings. The topological polar surface area (TPSA) is 75.2 Å². The summed E-state index contributed by atoms with van der Waals surface area (Å²) >= 11 is 0. The van der Waals surface area contributed by atoms with E-state index in [0.29, 0.717) is 17.5 Å². The zero-order valence-electron chi connectivity index (χ0n) is 14.5. The number of aromatic nitrogens is 4. The van der Waals surface area contributed by atoms with Crippen LogP contribution >= 0.6 is 0 Å². The van der Waals surface area contributed by atoms with Crippen molar-refractivity contribution < 1.29 is 14.0 Å². The first kappa shape index (κ1) is 16.1. The van der Waals surface area contributed by atoms with Gasteiger partial charge in [0.25, 0.3) is 5.89 Å². The Hall–Kier alpha value is -3.35. The first-order chi connectivity index (χ1) is 12.8. The monoisotopic (exact) mass is 350 g/mol. The first-order valence-corrected chi connectivity index (χ1v) is 8.31. The van der Waals surface area contributed by atoms with E-state index in [9.17, 15) is 0 Å². The number of fused-ring (bicyclic) bond motifs is 1. The molecular weight excluding hydrogens is 332 g/mol. The Balaban J connectivity index is 1.50. The minimum Gasteiger partial charge on any atom is -0.497 e. The lowest BCUT2D eigenvalue weighted by molar-refractivity contribution is 0.242. The molecule has 0 aliphatic rings. The quantitative estimate of drug-likeness (QED) is 0.528. The van der Waals surface area contributed by atoms with Crippen LogP contribution in [0.2, 0.25) is 0 Å². The van der Waals surface area contributed by atoms with Crippen LogP contribution in [0.5, 0.6) is 11.5 Å². The van der Waals surface area contributed by atoms with Crippen molar-refractivity contribution in [1.29, 1.82) is 0 Å². The first-order valence-electron chi connectivity index (χ1n) is 8.31. The molecule has 132 valence electrons. The predicted octanol–water partition coefficient (Wildman–Crippen LogP) is 3.69. The minimum atomic E-state index is 0.203. The SMILES string of the molecule is CCn1cnc2ccc(-c3noc(COc4ccc(OC)cc4)n3)cc21. The maximum absolute atomic E-state index is 5.67. The van der Waals surface area contributed by atoms with Crippen molar-refractivity contribution >= 4 is 11.0 Å². The Bertz CT molecular complexity index is 1020. The number of hydrogen-bond acceptors (Lipinski definition) is 6. The molecule has 26 heavy (non-hydrogen) atoms. The van der Waals surface area contributed by atoms with Gasteiger partial charge in [0.15, 0.2) is 6.61 Å². The smallest absolute Gasteiger partial charge is 0.264 e. The molecule has 0 saturated heterocycles. The van der Waals surface area contributed by atoms with Crippen LogP contribution in [0, 0.1) is 0 Å². The summed E-state index contributed by atoms with van der Waals surface area (Å²) in [5.41, 5.74) is 2.88. The van der Waals surface area contributed by atoms with Gasteiger partial charge in [-0.15, -0.1) is 0 Å². The second-order valence-corrected chi connectivity index (χ2v) is 5.71. The van der Waals surface area contributed by atoms with Crippen molar-refractivity contribution in [3.05, 3.63) is 54.7 Å². The summed E-state index contributed by atoms with van der Waals surface area (Å²) in [5.74, 6) is 2.43. The molecule has 0 spiro atoms. The van der Waals surface area contributed by atoms with E-state index in [1.54, 1.807) is 7.11 Å². The largest absolute Gasteiger partial charge is 0.497 e. The van der Waals surface area contributed by atoms with E-state index >= 15 is 0 Å². The molecule has 0 fully saturated rings. The Kier molecular flexibility index (Phi) is 4.27.